The summed E-state index contributed by atoms with van der Waals surface area (Å²) in [5, 5.41) is 13.5. The number of carbonyl (C=O) groups excluding carboxylic acids is 3. The van der Waals surface area contributed by atoms with E-state index in [9.17, 15) is 24.3 Å². The van der Waals surface area contributed by atoms with Crippen LogP contribution in [0.15, 0.2) is 29.1 Å². The number of amides is 1. The van der Waals surface area contributed by atoms with E-state index in [0.29, 0.717) is 16.9 Å². The summed E-state index contributed by atoms with van der Waals surface area (Å²) in [5.74, 6) is -1.54. The van der Waals surface area contributed by atoms with E-state index in [2.05, 4.69) is 25.0 Å². The van der Waals surface area contributed by atoms with Gasteiger partial charge in [0.2, 0.25) is 5.60 Å². The number of benzene rings is 1. The van der Waals surface area contributed by atoms with Crippen molar-refractivity contribution in [3.8, 4) is 17.1 Å². The highest BCUT2D eigenvalue weighted by Crippen LogP contribution is 2.42. The summed E-state index contributed by atoms with van der Waals surface area (Å²) in [7, 11) is -1.45. The van der Waals surface area contributed by atoms with Crippen LogP contribution in [-0.4, -0.2) is 52.9 Å². The quantitative estimate of drug-likeness (QED) is 0.170. The first kappa shape index (κ1) is 31.2. The molecule has 0 spiro atoms. The third kappa shape index (κ3) is 5.82. The van der Waals surface area contributed by atoms with Gasteiger partial charge in [-0.2, -0.15) is 0 Å². The number of phenolic OH excluding ortho intramolecular Hbond substituents is 1. The van der Waals surface area contributed by atoms with Gasteiger partial charge in [0.15, 0.2) is 0 Å². The molecule has 1 atom stereocenters. The van der Waals surface area contributed by atoms with E-state index >= 15 is 0 Å². The largest absolute Gasteiger partial charge is 0.508 e. The molecule has 3 aromatic rings. The molecule has 5 rings (SSSR count). The Kier molecular flexibility index (Phi) is 7.85. The number of nitrogens with zero attached hydrogens (tertiary/aromatic N) is 2. The highest BCUT2D eigenvalue weighted by molar-refractivity contribution is 6.76. The van der Waals surface area contributed by atoms with Gasteiger partial charge in [-0.05, 0) is 63.4 Å². The van der Waals surface area contributed by atoms with Crippen LogP contribution in [0.5, 0.6) is 5.75 Å². The normalized spacial score (nSPS) is 17.4. The molecule has 0 aliphatic carbocycles. The fourth-order valence-corrected chi connectivity index (χ4v) is 6.78. The molecule has 44 heavy (non-hydrogen) atoms. The zero-order valence-corrected chi connectivity index (χ0v) is 27.3. The fourth-order valence-electron chi connectivity index (χ4n) is 5.78. The van der Waals surface area contributed by atoms with E-state index in [1.165, 1.54) is 0 Å². The molecular formula is C32H39N3O8Si. The minimum atomic E-state index is -1.89. The summed E-state index contributed by atoms with van der Waals surface area (Å²) < 4.78 is 18.0. The van der Waals surface area contributed by atoms with Crippen LogP contribution in [0, 0.1) is 0 Å². The minimum Gasteiger partial charge on any atom is -0.508 e. The number of esters is 2. The van der Waals surface area contributed by atoms with Gasteiger partial charge in [-0.3, -0.25) is 9.59 Å². The molecule has 2 aromatic heterocycles. The Morgan fingerprint density at radius 2 is 1.89 bits per heavy atom. The van der Waals surface area contributed by atoms with Crippen molar-refractivity contribution in [2.24, 2.45) is 0 Å². The van der Waals surface area contributed by atoms with Crippen molar-refractivity contribution < 1.29 is 33.7 Å². The number of phenols is 1. The van der Waals surface area contributed by atoms with Crippen molar-refractivity contribution in [3.05, 3.63) is 56.9 Å². The topological polar surface area (TPSA) is 146 Å². The number of aromatic nitrogens is 2. The Morgan fingerprint density at radius 3 is 2.55 bits per heavy atom. The van der Waals surface area contributed by atoms with Crippen LogP contribution in [0.1, 0.15) is 56.4 Å². The standard InChI is InChI=1S/C32H39N3O8Si/c1-8-32(42-26(37)15-33-30(40)43-31(2,3)4)23-14-25-27-21(16-35(25)28(38)22(23)17-41-29(32)39)19(11-12-44(5,6)7)20-13-18(36)9-10-24(20)34-27/h9-10,13-14,36H,8,11-12,15-17H2,1-7H3,(H,33,40). The number of fused-ring (bicyclic) bond motifs is 5. The lowest BCUT2D eigenvalue weighted by atomic mass is 9.85. The van der Waals surface area contributed by atoms with E-state index in [1.807, 2.05) is 0 Å². The first-order chi connectivity index (χ1) is 20.5. The number of nitrogens with one attached hydrogen (secondary N) is 1. The summed E-state index contributed by atoms with van der Waals surface area (Å²) in [6, 6.07) is 7.78. The SMILES string of the molecule is CCC1(OC(=O)CNC(=O)OC(C)(C)C)C(=O)OCc2c1cc1n(c2=O)Cc2c-1nc1ccc(O)cc1c2CC[Si](C)(C)C. The number of alkyl carbamates (subject to hydrolysis) is 1. The lowest BCUT2D eigenvalue weighted by Gasteiger charge is -2.35. The molecule has 234 valence electrons. The van der Waals surface area contributed by atoms with Gasteiger partial charge in [-0.1, -0.05) is 32.6 Å². The molecule has 1 aromatic carbocycles. The molecule has 4 heterocycles. The summed E-state index contributed by atoms with van der Waals surface area (Å²) in [6.45, 7) is 13.1. The molecule has 2 N–H and O–H groups in total. The Hall–Kier alpha value is -4.19. The molecule has 0 fully saturated rings. The fraction of sp³-hybridized carbons (Fsp3) is 0.469. The molecule has 12 heteroatoms. The minimum absolute atomic E-state index is 0.00134. The molecule has 1 amide bonds. The third-order valence-corrected chi connectivity index (χ3v) is 9.70. The number of carbonyl (C=O) groups is 3. The lowest BCUT2D eigenvalue weighted by molar-refractivity contribution is -0.188. The summed E-state index contributed by atoms with van der Waals surface area (Å²) in [5.41, 5.74) is 1.23. The van der Waals surface area contributed by atoms with Crippen molar-refractivity contribution in [2.75, 3.05) is 6.54 Å². The average Bonchev–Trinajstić information content (AvgIpc) is 3.29. The van der Waals surface area contributed by atoms with Gasteiger partial charge in [-0.25, -0.2) is 14.6 Å². The lowest BCUT2D eigenvalue weighted by Crippen LogP contribution is -2.49. The van der Waals surface area contributed by atoms with E-state index < -0.39 is 43.9 Å². The molecule has 11 nitrogen and oxygen atoms in total. The molecule has 2 aliphatic rings. The number of aryl methyl sites for hydroxylation is 1. The number of aromatic hydroxyl groups is 1. The second-order valence-electron chi connectivity index (χ2n) is 13.6. The van der Waals surface area contributed by atoms with Crippen LogP contribution in [0.2, 0.25) is 25.7 Å². The average molecular weight is 622 g/mol. The number of hydrogen-bond donors (Lipinski definition) is 2. The molecule has 0 radical (unpaired) electrons. The van der Waals surface area contributed by atoms with Crippen LogP contribution in [-0.2, 0) is 49.0 Å². The molecule has 1 unspecified atom stereocenters. The van der Waals surface area contributed by atoms with Crippen LogP contribution >= 0.6 is 0 Å². The number of hydrogen-bond acceptors (Lipinski definition) is 9. The first-order valence-corrected chi connectivity index (χ1v) is 18.5. The summed E-state index contributed by atoms with van der Waals surface area (Å²) in [4.78, 5) is 57.3. The Morgan fingerprint density at radius 1 is 1.16 bits per heavy atom. The molecule has 0 bridgehead atoms. The zero-order valence-electron chi connectivity index (χ0n) is 26.3. The second kappa shape index (κ2) is 11.1. The number of ether oxygens (including phenoxy) is 3. The first-order valence-electron chi connectivity index (χ1n) is 14.8. The third-order valence-electron chi connectivity index (χ3n) is 7.95. The van der Waals surface area contributed by atoms with Crippen molar-refractivity contribution in [2.45, 2.75) is 90.6 Å². The van der Waals surface area contributed by atoms with Crippen molar-refractivity contribution in [3.63, 3.8) is 0 Å². The number of rotatable bonds is 7. The Balaban J connectivity index is 1.59. The molecule has 0 saturated carbocycles. The second-order valence-corrected chi connectivity index (χ2v) is 19.2. The van der Waals surface area contributed by atoms with Crippen molar-refractivity contribution >= 4 is 37.0 Å². The van der Waals surface area contributed by atoms with Gasteiger partial charge in [-0.15, -0.1) is 0 Å². The van der Waals surface area contributed by atoms with Gasteiger partial charge in [0.1, 0.15) is 24.5 Å². The molecule has 2 aliphatic heterocycles. The van der Waals surface area contributed by atoms with E-state index in [-0.39, 0.29) is 42.0 Å². The Bertz CT molecular complexity index is 1750. The Labute approximate surface area is 256 Å². The van der Waals surface area contributed by atoms with E-state index in [0.717, 1.165) is 29.0 Å². The smallest absolute Gasteiger partial charge is 0.408 e. The maximum Gasteiger partial charge on any atom is 0.408 e. The number of pyridine rings is 2. The predicted molar refractivity (Wildman–Crippen MR) is 166 cm³/mol. The highest BCUT2D eigenvalue weighted by Gasteiger charge is 2.50. The van der Waals surface area contributed by atoms with Crippen LogP contribution in [0.25, 0.3) is 22.3 Å². The van der Waals surface area contributed by atoms with Gasteiger partial charge in [0, 0.05) is 24.6 Å². The molecular weight excluding hydrogens is 582 g/mol. The van der Waals surface area contributed by atoms with Crippen molar-refractivity contribution in [1.29, 1.82) is 0 Å². The highest BCUT2D eigenvalue weighted by atomic mass is 28.3. The van der Waals surface area contributed by atoms with Crippen LogP contribution in [0.3, 0.4) is 0 Å². The zero-order chi connectivity index (χ0) is 32.2. The maximum absolute atomic E-state index is 14.0. The maximum atomic E-state index is 14.0. The number of cyclic esters (lactones) is 1. The van der Waals surface area contributed by atoms with Gasteiger partial charge >= 0.3 is 18.0 Å². The summed E-state index contributed by atoms with van der Waals surface area (Å²) in [6.07, 6.45) is -0.0412. The molecule has 0 saturated heterocycles. The van der Waals surface area contributed by atoms with E-state index in [4.69, 9.17) is 19.2 Å². The predicted octanol–water partition coefficient (Wildman–Crippen LogP) is 4.74. The van der Waals surface area contributed by atoms with Crippen LogP contribution < -0.4 is 10.9 Å². The monoisotopic (exact) mass is 621 g/mol. The van der Waals surface area contributed by atoms with E-state index in [1.54, 1.807) is 56.5 Å². The van der Waals surface area contributed by atoms with Crippen LogP contribution in [0.4, 0.5) is 4.79 Å². The van der Waals surface area contributed by atoms with Gasteiger partial charge in [0.05, 0.1) is 29.0 Å². The summed E-state index contributed by atoms with van der Waals surface area (Å²) >= 11 is 0. The van der Waals surface area contributed by atoms with Crippen molar-refractivity contribution in [1.82, 2.24) is 14.9 Å². The van der Waals surface area contributed by atoms with Gasteiger partial charge in [0.25, 0.3) is 5.56 Å². The van der Waals surface area contributed by atoms with Gasteiger partial charge < -0.3 is 29.2 Å².